The van der Waals surface area contributed by atoms with Crippen LogP contribution in [0.25, 0.3) is 0 Å². The van der Waals surface area contributed by atoms with E-state index in [0.29, 0.717) is 0 Å². The maximum atomic E-state index is 11.9. The number of esters is 1. The van der Waals surface area contributed by atoms with Gasteiger partial charge in [0.05, 0.1) is 10.5 Å². The Morgan fingerprint density at radius 3 is 2.55 bits per heavy atom. The molecular formula is C14H19N3O5. The zero-order chi connectivity index (χ0) is 16.9. The SMILES string of the molecule is CC(C)[C@@H](C)NC(=O)COC(=O)c1cc([N+](=O)[O-])ccc1N. The summed E-state index contributed by atoms with van der Waals surface area (Å²) in [7, 11) is 0. The molecule has 3 N–H and O–H groups in total. The van der Waals surface area contributed by atoms with E-state index in [4.69, 9.17) is 10.5 Å². The molecule has 0 aromatic heterocycles. The average Bonchev–Trinajstić information content (AvgIpc) is 2.44. The lowest BCUT2D eigenvalue weighted by atomic mass is 10.1. The van der Waals surface area contributed by atoms with Gasteiger partial charge in [0, 0.05) is 23.9 Å². The number of ether oxygens (including phenoxy) is 1. The number of nitrogen functional groups attached to an aromatic ring is 1. The molecule has 0 aliphatic heterocycles. The number of nitro groups is 1. The van der Waals surface area contributed by atoms with Crippen LogP contribution in [0.5, 0.6) is 0 Å². The Labute approximate surface area is 127 Å². The van der Waals surface area contributed by atoms with Crippen molar-refractivity contribution in [2.24, 2.45) is 5.92 Å². The Kier molecular flexibility index (Phi) is 5.85. The van der Waals surface area contributed by atoms with Crippen molar-refractivity contribution < 1.29 is 19.2 Å². The van der Waals surface area contributed by atoms with Crippen LogP contribution in [0.3, 0.4) is 0 Å². The Hall–Kier alpha value is -2.64. The highest BCUT2D eigenvalue weighted by atomic mass is 16.6. The molecule has 0 radical (unpaired) electrons. The first-order chi connectivity index (χ1) is 10.2. The molecule has 8 heteroatoms. The number of carbonyl (C=O) groups excluding carboxylic acids is 2. The van der Waals surface area contributed by atoms with Crippen molar-refractivity contribution in [1.82, 2.24) is 5.32 Å². The van der Waals surface area contributed by atoms with Gasteiger partial charge in [0.25, 0.3) is 11.6 Å². The van der Waals surface area contributed by atoms with Crippen LogP contribution in [0.1, 0.15) is 31.1 Å². The van der Waals surface area contributed by atoms with Gasteiger partial charge in [-0.15, -0.1) is 0 Å². The van der Waals surface area contributed by atoms with Crippen molar-refractivity contribution in [2.75, 3.05) is 12.3 Å². The van der Waals surface area contributed by atoms with Crippen molar-refractivity contribution >= 4 is 23.3 Å². The number of carbonyl (C=O) groups is 2. The van der Waals surface area contributed by atoms with Crippen molar-refractivity contribution in [1.29, 1.82) is 0 Å². The molecule has 0 aliphatic rings. The lowest BCUT2D eigenvalue weighted by Crippen LogP contribution is -2.38. The molecule has 0 saturated carbocycles. The van der Waals surface area contributed by atoms with Gasteiger partial charge in [-0.05, 0) is 18.9 Å². The zero-order valence-electron chi connectivity index (χ0n) is 12.7. The molecule has 22 heavy (non-hydrogen) atoms. The molecule has 120 valence electrons. The third-order valence-electron chi connectivity index (χ3n) is 3.19. The fourth-order valence-corrected chi connectivity index (χ4v) is 1.51. The molecule has 0 unspecified atom stereocenters. The Balaban J connectivity index is 2.68. The van der Waals surface area contributed by atoms with E-state index in [0.717, 1.165) is 6.07 Å². The molecule has 0 fully saturated rings. The molecule has 8 nitrogen and oxygen atoms in total. The summed E-state index contributed by atoms with van der Waals surface area (Å²) >= 11 is 0. The van der Waals surface area contributed by atoms with Gasteiger partial charge in [-0.3, -0.25) is 14.9 Å². The number of nitrogens with two attached hydrogens (primary N) is 1. The summed E-state index contributed by atoms with van der Waals surface area (Å²) in [4.78, 5) is 33.5. The summed E-state index contributed by atoms with van der Waals surface area (Å²) < 4.78 is 4.83. The number of rotatable bonds is 6. The van der Waals surface area contributed by atoms with Crippen molar-refractivity contribution in [2.45, 2.75) is 26.8 Å². The fraction of sp³-hybridized carbons (Fsp3) is 0.429. The molecule has 1 rings (SSSR count). The molecule has 0 bridgehead atoms. The fourth-order valence-electron chi connectivity index (χ4n) is 1.51. The van der Waals surface area contributed by atoms with Gasteiger partial charge in [-0.1, -0.05) is 13.8 Å². The minimum absolute atomic E-state index is 0.0477. The topological polar surface area (TPSA) is 125 Å². The molecular weight excluding hydrogens is 290 g/mol. The highest BCUT2D eigenvalue weighted by Gasteiger charge is 2.18. The average molecular weight is 309 g/mol. The van der Waals surface area contributed by atoms with Gasteiger partial charge in [-0.25, -0.2) is 4.79 Å². The highest BCUT2D eigenvalue weighted by Crippen LogP contribution is 2.20. The predicted molar refractivity (Wildman–Crippen MR) is 80.2 cm³/mol. The molecule has 0 heterocycles. The number of nitro benzene ring substituents is 1. The van der Waals surface area contributed by atoms with E-state index >= 15 is 0 Å². The van der Waals surface area contributed by atoms with Crippen LogP contribution < -0.4 is 11.1 Å². The second kappa shape index (κ2) is 7.39. The van der Waals surface area contributed by atoms with Gasteiger partial charge >= 0.3 is 5.97 Å². The lowest BCUT2D eigenvalue weighted by molar-refractivity contribution is -0.384. The largest absolute Gasteiger partial charge is 0.452 e. The Morgan fingerprint density at radius 2 is 2.00 bits per heavy atom. The monoisotopic (exact) mass is 309 g/mol. The Morgan fingerprint density at radius 1 is 1.36 bits per heavy atom. The van der Waals surface area contributed by atoms with E-state index < -0.39 is 23.4 Å². The molecule has 1 aromatic carbocycles. The van der Waals surface area contributed by atoms with Gasteiger partial charge in [0.15, 0.2) is 6.61 Å². The lowest BCUT2D eigenvalue weighted by Gasteiger charge is -2.17. The van der Waals surface area contributed by atoms with E-state index in [9.17, 15) is 19.7 Å². The molecule has 1 atom stereocenters. The van der Waals surface area contributed by atoms with Crippen molar-refractivity contribution in [3.8, 4) is 0 Å². The van der Waals surface area contributed by atoms with Gasteiger partial charge < -0.3 is 15.8 Å². The van der Waals surface area contributed by atoms with Crippen LogP contribution in [0, 0.1) is 16.0 Å². The van der Waals surface area contributed by atoms with Crippen LogP contribution in [0.15, 0.2) is 18.2 Å². The first-order valence-electron chi connectivity index (χ1n) is 6.72. The highest BCUT2D eigenvalue weighted by molar-refractivity contribution is 5.97. The van der Waals surface area contributed by atoms with E-state index in [-0.39, 0.29) is 28.9 Å². The minimum Gasteiger partial charge on any atom is -0.452 e. The van der Waals surface area contributed by atoms with Crippen LogP contribution >= 0.6 is 0 Å². The standard InChI is InChI=1S/C14H19N3O5/c1-8(2)9(3)16-13(18)7-22-14(19)11-6-10(17(20)21)4-5-12(11)15/h4-6,8-9H,7,15H2,1-3H3,(H,16,18)/t9-/m1/s1. The molecule has 1 amide bonds. The van der Waals surface area contributed by atoms with E-state index in [2.05, 4.69) is 5.32 Å². The number of amides is 1. The van der Waals surface area contributed by atoms with Crippen LogP contribution in [0.4, 0.5) is 11.4 Å². The third kappa shape index (κ3) is 4.72. The minimum atomic E-state index is -0.881. The first-order valence-corrected chi connectivity index (χ1v) is 6.72. The summed E-state index contributed by atoms with van der Waals surface area (Å²) in [6, 6.07) is 3.39. The number of benzene rings is 1. The number of non-ortho nitro benzene ring substituents is 1. The second-order valence-corrected chi connectivity index (χ2v) is 5.21. The molecule has 1 aromatic rings. The summed E-state index contributed by atoms with van der Waals surface area (Å²) in [5.41, 5.74) is 5.22. The van der Waals surface area contributed by atoms with Crippen LogP contribution in [0.2, 0.25) is 0 Å². The van der Waals surface area contributed by atoms with E-state index in [1.165, 1.54) is 12.1 Å². The zero-order valence-corrected chi connectivity index (χ0v) is 12.7. The van der Waals surface area contributed by atoms with Crippen molar-refractivity contribution in [3.63, 3.8) is 0 Å². The summed E-state index contributed by atoms with van der Waals surface area (Å²) in [5.74, 6) is -1.08. The van der Waals surface area contributed by atoms with Crippen LogP contribution in [-0.4, -0.2) is 29.4 Å². The quantitative estimate of drug-likeness (QED) is 0.355. The van der Waals surface area contributed by atoms with Crippen molar-refractivity contribution in [3.05, 3.63) is 33.9 Å². The Bertz CT molecular complexity index is 586. The number of nitrogens with one attached hydrogen (secondary N) is 1. The first kappa shape index (κ1) is 17.4. The molecule has 0 saturated heterocycles. The maximum Gasteiger partial charge on any atom is 0.341 e. The predicted octanol–water partition coefficient (Wildman–Crippen LogP) is 1.49. The number of hydrogen-bond acceptors (Lipinski definition) is 6. The number of anilines is 1. The summed E-state index contributed by atoms with van der Waals surface area (Å²) in [6.07, 6.45) is 0. The third-order valence-corrected chi connectivity index (χ3v) is 3.19. The summed E-state index contributed by atoms with van der Waals surface area (Å²) in [5, 5.41) is 13.4. The summed E-state index contributed by atoms with van der Waals surface area (Å²) in [6.45, 7) is 5.25. The maximum absolute atomic E-state index is 11.9. The smallest absolute Gasteiger partial charge is 0.341 e. The normalized spacial score (nSPS) is 11.8. The number of nitrogens with zero attached hydrogens (tertiary/aromatic N) is 1. The van der Waals surface area contributed by atoms with Crippen LogP contribution in [-0.2, 0) is 9.53 Å². The molecule has 0 spiro atoms. The van der Waals surface area contributed by atoms with Gasteiger partial charge in [-0.2, -0.15) is 0 Å². The number of hydrogen-bond donors (Lipinski definition) is 2. The van der Waals surface area contributed by atoms with E-state index in [1.54, 1.807) is 0 Å². The molecule has 0 aliphatic carbocycles. The van der Waals surface area contributed by atoms with E-state index in [1.807, 2.05) is 20.8 Å². The van der Waals surface area contributed by atoms with Gasteiger partial charge in [0.1, 0.15) is 0 Å². The van der Waals surface area contributed by atoms with Gasteiger partial charge in [0.2, 0.25) is 0 Å². The second-order valence-electron chi connectivity index (χ2n) is 5.21.